The monoisotopic (exact) mass is 321 g/mol. The van der Waals surface area contributed by atoms with Crippen LogP contribution in [0.15, 0.2) is 46.9 Å². The predicted octanol–water partition coefficient (Wildman–Crippen LogP) is 4.40. The van der Waals surface area contributed by atoms with Crippen LogP contribution in [-0.4, -0.2) is 7.05 Å². The number of aryl methyl sites for hydroxylation is 1. The summed E-state index contributed by atoms with van der Waals surface area (Å²) in [5, 5.41) is 3.32. The van der Waals surface area contributed by atoms with E-state index in [1.807, 2.05) is 32.2 Å². The molecule has 0 amide bonds. The first kappa shape index (κ1) is 14.2. The number of nitrogens with one attached hydrogen (secondary N) is 1. The Hall–Kier alpha value is -1.19. The number of likely N-dealkylation sites (N-methyl/N-ethyl adjacent to an activating group) is 1. The highest BCUT2D eigenvalue weighted by Gasteiger charge is 2.12. The minimum Gasteiger partial charge on any atom is -0.313 e. The van der Waals surface area contributed by atoms with Crippen molar-refractivity contribution in [3.8, 4) is 0 Å². The van der Waals surface area contributed by atoms with Crippen LogP contribution in [0.3, 0.4) is 0 Å². The minimum absolute atomic E-state index is 0.176. The zero-order valence-electron chi connectivity index (χ0n) is 11.1. The molecule has 0 aliphatic carbocycles. The van der Waals surface area contributed by atoms with Gasteiger partial charge in [0.1, 0.15) is 5.82 Å². The molecule has 0 radical (unpaired) electrons. The number of benzene rings is 2. The number of hydrogen-bond donors (Lipinski definition) is 1. The summed E-state index contributed by atoms with van der Waals surface area (Å²) in [6.45, 7) is 1.95. The summed E-state index contributed by atoms with van der Waals surface area (Å²) in [5.41, 5.74) is 3.39. The van der Waals surface area contributed by atoms with Crippen molar-refractivity contribution >= 4 is 15.9 Å². The molecule has 0 bridgehead atoms. The molecule has 1 unspecified atom stereocenters. The lowest BCUT2D eigenvalue weighted by molar-refractivity contribution is 0.586. The SMILES string of the molecule is CNC(Cc1ccc(F)cc1C)c1cccc(Br)c1. The predicted molar refractivity (Wildman–Crippen MR) is 80.8 cm³/mol. The first-order valence-electron chi connectivity index (χ1n) is 6.28. The molecule has 0 heterocycles. The van der Waals surface area contributed by atoms with Gasteiger partial charge in [0, 0.05) is 10.5 Å². The molecule has 2 aromatic carbocycles. The topological polar surface area (TPSA) is 12.0 Å². The Bertz CT molecular complexity index is 568. The van der Waals surface area contributed by atoms with E-state index in [0.29, 0.717) is 0 Å². The van der Waals surface area contributed by atoms with Crippen molar-refractivity contribution in [3.63, 3.8) is 0 Å². The lowest BCUT2D eigenvalue weighted by atomic mass is 9.96. The van der Waals surface area contributed by atoms with Gasteiger partial charge in [0.2, 0.25) is 0 Å². The molecule has 1 N–H and O–H groups in total. The van der Waals surface area contributed by atoms with Crippen molar-refractivity contribution < 1.29 is 4.39 Å². The minimum atomic E-state index is -0.176. The van der Waals surface area contributed by atoms with Gasteiger partial charge < -0.3 is 5.32 Å². The van der Waals surface area contributed by atoms with Gasteiger partial charge in [-0.3, -0.25) is 0 Å². The Balaban J connectivity index is 2.24. The molecule has 2 rings (SSSR count). The second-order valence-electron chi connectivity index (χ2n) is 4.67. The van der Waals surface area contributed by atoms with Gasteiger partial charge in [0.25, 0.3) is 0 Å². The van der Waals surface area contributed by atoms with Gasteiger partial charge >= 0.3 is 0 Å². The van der Waals surface area contributed by atoms with Crippen molar-refractivity contribution in [1.82, 2.24) is 5.32 Å². The molecule has 0 aliphatic rings. The van der Waals surface area contributed by atoms with E-state index in [2.05, 4.69) is 33.4 Å². The third-order valence-electron chi connectivity index (χ3n) is 3.33. The summed E-state index contributed by atoms with van der Waals surface area (Å²) in [5.74, 6) is -0.176. The molecule has 0 fully saturated rings. The van der Waals surface area contributed by atoms with Crippen LogP contribution in [-0.2, 0) is 6.42 Å². The summed E-state index contributed by atoms with van der Waals surface area (Å²) in [4.78, 5) is 0. The molecular weight excluding hydrogens is 305 g/mol. The largest absolute Gasteiger partial charge is 0.313 e. The van der Waals surface area contributed by atoms with Crippen molar-refractivity contribution in [2.45, 2.75) is 19.4 Å². The van der Waals surface area contributed by atoms with E-state index in [0.717, 1.165) is 16.5 Å². The van der Waals surface area contributed by atoms with Crippen LogP contribution < -0.4 is 5.32 Å². The van der Waals surface area contributed by atoms with Crippen molar-refractivity contribution in [2.75, 3.05) is 7.05 Å². The molecular formula is C16H17BrFN. The maximum Gasteiger partial charge on any atom is 0.123 e. The highest BCUT2D eigenvalue weighted by molar-refractivity contribution is 9.10. The maximum atomic E-state index is 13.1. The van der Waals surface area contributed by atoms with Gasteiger partial charge in [-0.25, -0.2) is 4.39 Å². The van der Waals surface area contributed by atoms with Crippen LogP contribution in [0, 0.1) is 12.7 Å². The fourth-order valence-corrected chi connectivity index (χ4v) is 2.64. The average Bonchev–Trinajstić information content (AvgIpc) is 2.38. The van der Waals surface area contributed by atoms with Crippen molar-refractivity contribution in [3.05, 3.63) is 69.4 Å². The number of rotatable bonds is 4. The molecule has 100 valence electrons. The molecule has 3 heteroatoms. The Labute approximate surface area is 122 Å². The second-order valence-corrected chi connectivity index (χ2v) is 5.59. The summed E-state index contributed by atoms with van der Waals surface area (Å²) >= 11 is 3.49. The number of halogens is 2. The van der Waals surface area contributed by atoms with Gasteiger partial charge in [-0.2, -0.15) is 0 Å². The first-order chi connectivity index (χ1) is 9.10. The van der Waals surface area contributed by atoms with E-state index in [9.17, 15) is 4.39 Å². The molecule has 0 aromatic heterocycles. The van der Waals surface area contributed by atoms with Crippen LogP contribution in [0.2, 0.25) is 0 Å². The highest BCUT2D eigenvalue weighted by atomic mass is 79.9. The molecule has 19 heavy (non-hydrogen) atoms. The van der Waals surface area contributed by atoms with Crippen LogP contribution in [0.25, 0.3) is 0 Å². The van der Waals surface area contributed by atoms with Crippen LogP contribution in [0.5, 0.6) is 0 Å². The third kappa shape index (κ3) is 3.64. The van der Waals surface area contributed by atoms with Gasteiger partial charge in [-0.15, -0.1) is 0 Å². The Morgan fingerprint density at radius 3 is 2.63 bits per heavy atom. The van der Waals surface area contributed by atoms with Gasteiger partial charge in [0.05, 0.1) is 0 Å². The zero-order valence-corrected chi connectivity index (χ0v) is 12.7. The van der Waals surface area contributed by atoms with Gasteiger partial charge in [-0.1, -0.05) is 34.1 Å². The Kier molecular flexibility index (Phi) is 4.72. The fourth-order valence-electron chi connectivity index (χ4n) is 2.22. The van der Waals surface area contributed by atoms with E-state index in [4.69, 9.17) is 0 Å². The second kappa shape index (κ2) is 6.31. The van der Waals surface area contributed by atoms with E-state index in [-0.39, 0.29) is 11.9 Å². The first-order valence-corrected chi connectivity index (χ1v) is 7.07. The Morgan fingerprint density at radius 1 is 1.21 bits per heavy atom. The third-order valence-corrected chi connectivity index (χ3v) is 3.82. The smallest absolute Gasteiger partial charge is 0.123 e. The molecule has 0 saturated carbocycles. The standard InChI is InChI=1S/C16H17BrFN/c1-11-8-15(18)7-6-12(11)10-16(19-2)13-4-3-5-14(17)9-13/h3-9,16,19H,10H2,1-2H3. The summed E-state index contributed by atoms with van der Waals surface area (Å²) in [6, 6.07) is 13.5. The lowest BCUT2D eigenvalue weighted by Gasteiger charge is -2.18. The summed E-state index contributed by atoms with van der Waals surface area (Å²) < 4.78 is 14.2. The molecule has 0 aliphatic heterocycles. The van der Waals surface area contributed by atoms with E-state index >= 15 is 0 Å². The van der Waals surface area contributed by atoms with Gasteiger partial charge in [-0.05, 0) is 61.3 Å². The zero-order chi connectivity index (χ0) is 13.8. The normalized spacial score (nSPS) is 12.4. The van der Waals surface area contributed by atoms with E-state index < -0.39 is 0 Å². The molecule has 2 aromatic rings. The Morgan fingerprint density at radius 2 is 2.00 bits per heavy atom. The summed E-state index contributed by atoms with van der Waals surface area (Å²) in [6.07, 6.45) is 0.846. The van der Waals surface area contributed by atoms with Gasteiger partial charge in [0.15, 0.2) is 0 Å². The van der Waals surface area contributed by atoms with E-state index in [1.54, 1.807) is 6.07 Å². The quantitative estimate of drug-likeness (QED) is 0.880. The molecule has 1 nitrogen and oxygen atoms in total. The maximum absolute atomic E-state index is 13.1. The number of hydrogen-bond acceptors (Lipinski definition) is 1. The molecule has 0 spiro atoms. The van der Waals surface area contributed by atoms with Crippen LogP contribution in [0.4, 0.5) is 4.39 Å². The lowest BCUT2D eigenvalue weighted by Crippen LogP contribution is -2.19. The highest BCUT2D eigenvalue weighted by Crippen LogP contribution is 2.23. The molecule has 0 saturated heterocycles. The fraction of sp³-hybridized carbons (Fsp3) is 0.250. The summed E-state index contributed by atoms with van der Waals surface area (Å²) in [7, 11) is 1.95. The van der Waals surface area contributed by atoms with Crippen LogP contribution in [0.1, 0.15) is 22.7 Å². The van der Waals surface area contributed by atoms with Crippen LogP contribution >= 0.6 is 15.9 Å². The van der Waals surface area contributed by atoms with E-state index in [1.165, 1.54) is 17.2 Å². The van der Waals surface area contributed by atoms with Crippen molar-refractivity contribution in [1.29, 1.82) is 0 Å². The van der Waals surface area contributed by atoms with Crippen molar-refractivity contribution in [2.24, 2.45) is 0 Å². The molecule has 1 atom stereocenters. The average molecular weight is 322 g/mol.